The summed E-state index contributed by atoms with van der Waals surface area (Å²) in [7, 11) is 0. The molecule has 0 fully saturated rings. The molecule has 2 aromatic heterocycles. The third-order valence-corrected chi connectivity index (χ3v) is 2.94. The first kappa shape index (κ1) is 12.7. The number of carboxylic acid groups (broad SMARTS) is 1. The van der Waals surface area contributed by atoms with E-state index in [1.165, 1.54) is 6.20 Å². The van der Waals surface area contributed by atoms with Gasteiger partial charge in [-0.1, -0.05) is 0 Å². The molecule has 0 spiro atoms. The standard InChI is InChI=1S/C14H7FN4O2/c15-9-4-12-11(3-8(9)14(20)21)18-13(19-12)10-2-1-7(5-16)6-17-10/h1-4,6H,(H,18,19)(H,20,21). The summed E-state index contributed by atoms with van der Waals surface area (Å²) in [5.41, 5.74) is 1.15. The second-order valence-corrected chi connectivity index (χ2v) is 4.28. The van der Waals surface area contributed by atoms with Crippen molar-refractivity contribution in [3.8, 4) is 17.6 Å². The molecule has 0 aliphatic carbocycles. The molecule has 0 radical (unpaired) electrons. The van der Waals surface area contributed by atoms with Gasteiger partial charge in [0.25, 0.3) is 0 Å². The highest BCUT2D eigenvalue weighted by Gasteiger charge is 2.14. The highest BCUT2D eigenvalue weighted by Crippen LogP contribution is 2.22. The molecule has 102 valence electrons. The minimum atomic E-state index is -1.35. The van der Waals surface area contributed by atoms with E-state index in [9.17, 15) is 9.18 Å². The molecule has 0 unspecified atom stereocenters. The third-order valence-electron chi connectivity index (χ3n) is 2.94. The molecule has 7 heteroatoms. The normalized spacial score (nSPS) is 10.5. The zero-order chi connectivity index (χ0) is 15.0. The van der Waals surface area contributed by atoms with Crippen LogP contribution in [0, 0.1) is 17.1 Å². The maximum absolute atomic E-state index is 13.6. The van der Waals surface area contributed by atoms with Crippen LogP contribution in [-0.4, -0.2) is 26.0 Å². The Labute approximate surface area is 117 Å². The number of fused-ring (bicyclic) bond motifs is 1. The maximum Gasteiger partial charge on any atom is 0.338 e. The van der Waals surface area contributed by atoms with E-state index >= 15 is 0 Å². The number of aromatic carboxylic acids is 1. The van der Waals surface area contributed by atoms with Gasteiger partial charge in [-0.25, -0.2) is 14.2 Å². The number of aromatic amines is 1. The lowest BCUT2D eigenvalue weighted by Gasteiger charge is -1.95. The van der Waals surface area contributed by atoms with Crippen molar-refractivity contribution in [2.75, 3.05) is 0 Å². The van der Waals surface area contributed by atoms with Gasteiger partial charge in [-0.3, -0.25) is 4.98 Å². The number of nitrogens with zero attached hydrogens (tertiary/aromatic N) is 3. The summed E-state index contributed by atoms with van der Waals surface area (Å²) in [5, 5.41) is 17.6. The first-order chi connectivity index (χ1) is 10.1. The maximum atomic E-state index is 13.6. The molecule has 21 heavy (non-hydrogen) atoms. The van der Waals surface area contributed by atoms with Crippen molar-refractivity contribution in [1.82, 2.24) is 15.0 Å². The Hall–Kier alpha value is -3.27. The summed E-state index contributed by atoms with van der Waals surface area (Å²) in [5.74, 6) is -1.81. The SMILES string of the molecule is N#Cc1ccc(-c2nc3cc(C(=O)O)c(F)cc3[nH]2)nc1. The molecular weight excluding hydrogens is 275 g/mol. The number of H-pyrrole nitrogens is 1. The van der Waals surface area contributed by atoms with Gasteiger partial charge in [-0.2, -0.15) is 5.26 Å². The van der Waals surface area contributed by atoms with E-state index in [4.69, 9.17) is 10.4 Å². The number of nitriles is 1. The van der Waals surface area contributed by atoms with Crippen molar-refractivity contribution in [3.63, 3.8) is 0 Å². The van der Waals surface area contributed by atoms with Crippen LogP contribution in [0.1, 0.15) is 15.9 Å². The Balaban J connectivity index is 2.12. The number of aromatic nitrogens is 3. The van der Waals surface area contributed by atoms with Crippen molar-refractivity contribution < 1.29 is 14.3 Å². The number of hydrogen-bond donors (Lipinski definition) is 2. The fraction of sp³-hybridized carbons (Fsp3) is 0. The van der Waals surface area contributed by atoms with Crippen LogP contribution < -0.4 is 0 Å². The highest BCUT2D eigenvalue weighted by atomic mass is 19.1. The predicted octanol–water partition coefficient (Wildman–Crippen LogP) is 2.33. The molecule has 0 saturated carbocycles. The Bertz CT molecular complexity index is 894. The molecule has 1 aromatic carbocycles. The number of carboxylic acids is 1. The number of carbonyl (C=O) groups is 1. The number of benzene rings is 1. The molecule has 2 heterocycles. The quantitative estimate of drug-likeness (QED) is 0.750. The molecule has 3 rings (SSSR count). The Morgan fingerprint density at radius 3 is 2.81 bits per heavy atom. The van der Waals surface area contributed by atoms with E-state index in [1.54, 1.807) is 12.1 Å². The summed E-state index contributed by atoms with van der Waals surface area (Å²) in [4.78, 5) is 22.0. The Kier molecular flexibility index (Phi) is 2.84. The summed E-state index contributed by atoms with van der Waals surface area (Å²) >= 11 is 0. The average Bonchev–Trinajstić information content (AvgIpc) is 2.89. The van der Waals surface area contributed by atoms with E-state index in [2.05, 4.69) is 15.0 Å². The van der Waals surface area contributed by atoms with Crippen LogP contribution in [0.3, 0.4) is 0 Å². The molecular formula is C14H7FN4O2. The number of rotatable bonds is 2. The minimum absolute atomic E-state index is 0.329. The van der Waals surface area contributed by atoms with E-state index < -0.39 is 17.3 Å². The fourth-order valence-electron chi connectivity index (χ4n) is 1.92. The monoisotopic (exact) mass is 282 g/mol. The number of pyridine rings is 1. The van der Waals surface area contributed by atoms with E-state index in [0.29, 0.717) is 28.1 Å². The Morgan fingerprint density at radius 2 is 2.19 bits per heavy atom. The molecule has 6 nitrogen and oxygen atoms in total. The first-order valence-corrected chi connectivity index (χ1v) is 5.87. The number of halogens is 1. The predicted molar refractivity (Wildman–Crippen MR) is 71.0 cm³/mol. The topological polar surface area (TPSA) is 103 Å². The molecule has 0 atom stereocenters. The number of hydrogen-bond acceptors (Lipinski definition) is 4. The first-order valence-electron chi connectivity index (χ1n) is 5.87. The zero-order valence-corrected chi connectivity index (χ0v) is 10.5. The fourth-order valence-corrected chi connectivity index (χ4v) is 1.92. The molecule has 3 aromatic rings. The number of nitrogens with one attached hydrogen (secondary N) is 1. The van der Waals surface area contributed by atoms with Gasteiger partial charge in [0.15, 0.2) is 5.82 Å². The van der Waals surface area contributed by atoms with Gasteiger partial charge >= 0.3 is 5.97 Å². The highest BCUT2D eigenvalue weighted by molar-refractivity contribution is 5.93. The lowest BCUT2D eigenvalue weighted by molar-refractivity contribution is 0.0692. The van der Waals surface area contributed by atoms with Gasteiger partial charge in [0.2, 0.25) is 0 Å². The minimum Gasteiger partial charge on any atom is -0.478 e. The molecule has 2 N–H and O–H groups in total. The van der Waals surface area contributed by atoms with E-state index in [1.807, 2.05) is 6.07 Å². The van der Waals surface area contributed by atoms with Gasteiger partial charge in [0.1, 0.15) is 17.6 Å². The lowest BCUT2D eigenvalue weighted by atomic mass is 10.2. The number of imidazole rings is 1. The van der Waals surface area contributed by atoms with Crippen LogP contribution in [0.5, 0.6) is 0 Å². The average molecular weight is 282 g/mol. The van der Waals surface area contributed by atoms with Crippen molar-refractivity contribution >= 4 is 17.0 Å². The van der Waals surface area contributed by atoms with Crippen LogP contribution in [0.2, 0.25) is 0 Å². The molecule has 0 amide bonds. The second kappa shape index (κ2) is 4.68. The van der Waals surface area contributed by atoms with Crippen LogP contribution in [0.4, 0.5) is 4.39 Å². The summed E-state index contributed by atoms with van der Waals surface area (Å²) in [6, 6.07) is 7.38. The van der Waals surface area contributed by atoms with Crippen LogP contribution >= 0.6 is 0 Å². The van der Waals surface area contributed by atoms with Crippen LogP contribution in [0.15, 0.2) is 30.5 Å². The van der Waals surface area contributed by atoms with Gasteiger partial charge in [0.05, 0.1) is 22.2 Å². The summed E-state index contributed by atoms with van der Waals surface area (Å²) in [6.45, 7) is 0. The third kappa shape index (κ3) is 2.19. The van der Waals surface area contributed by atoms with Gasteiger partial charge in [0, 0.05) is 12.3 Å². The summed E-state index contributed by atoms with van der Waals surface area (Å²) in [6.07, 6.45) is 1.39. The zero-order valence-electron chi connectivity index (χ0n) is 10.5. The van der Waals surface area contributed by atoms with Crippen molar-refractivity contribution in [2.45, 2.75) is 0 Å². The van der Waals surface area contributed by atoms with Crippen molar-refractivity contribution in [3.05, 3.63) is 47.4 Å². The van der Waals surface area contributed by atoms with Crippen molar-refractivity contribution in [2.24, 2.45) is 0 Å². The largest absolute Gasteiger partial charge is 0.478 e. The van der Waals surface area contributed by atoms with Crippen LogP contribution in [0.25, 0.3) is 22.6 Å². The second-order valence-electron chi connectivity index (χ2n) is 4.28. The lowest BCUT2D eigenvalue weighted by Crippen LogP contribution is -1.99. The van der Waals surface area contributed by atoms with Crippen molar-refractivity contribution in [1.29, 1.82) is 5.26 Å². The molecule has 0 aliphatic heterocycles. The molecule has 0 aliphatic rings. The summed E-state index contributed by atoms with van der Waals surface area (Å²) < 4.78 is 13.6. The van der Waals surface area contributed by atoms with Gasteiger partial charge < -0.3 is 10.1 Å². The smallest absolute Gasteiger partial charge is 0.338 e. The van der Waals surface area contributed by atoms with E-state index in [0.717, 1.165) is 12.1 Å². The van der Waals surface area contributed by atoms with Gasteiger partial charge in [-0.05, 0) is 18.2 Å². The molecule has 0 saturated heterocycles. The molecule has 0 bridgehead atoms. The van der Waals surface area contributed by atoms with E-state index in [-0.39, 0.29) is 0 Å². The Morgan fingerprint density at radius 1 is 1.38 bits per heavy atom. The van der Waals surface area contributed by atoms with Gasteiger partial charge in [-0.15, -0.1) is 0 Å². The van der Waals surface area contributed by atoms with Crippen LogP contribution in [-0.2, 0) is 0 Å².